The van der Waals surface area contributed by atoms with Crippen molar-refractivity contribution in [3.05, 3.63) is 47.9 Å². The lowest BCUT2D eigenvalue weighted by molar-refractivity contribution is 0.244. The molecule has 1 aromatic carbocycles. The van der Waals surface area contributed by atoms with Crippen LogP contribution >= 0.6 is 12.8 Å². The summed E-state index contributed by atoms with van der Waals surface area (Å²) in [6.07, 6.45) is 3.74. The number of piperidine rings is 1. The van der Waals surface area contributed by atoms with Crippen molar-refractivity contribution in [2.24, 2.45) is 11.8 Å². The van der Waals surface area contributed by atoms with Gasteiger partial charge in [-0.05, 0) is 60.6 Å². The predicted molar refractivity (Wildman–Crippen MR) is 144 cm³/mol. The fourth-order valence-corrected chi connectivity index (χ4v) is 6.24. The molecule has 1 N–H and O–H groups in total. The van der Waals surface area contributed by atoms with E-state index in [1.165, 1.54) is 0 Å². The first-order valence-electron chi connectivity index (χ1n) is 12.8. The van der Waals surface area contributed by atoms with Gasteiger partial charge in [0.2, 0.25) is 0 Å². The summed E-state index contributed by atoms with van der Waals surface area (Å²) in [5.41, 5.74) is 4.53. The van der Waals surface area contributed by atoms with Crippen molar-refractivity contribution in [3.63, 3.8) is 0 Å². The second-order valence-corrected chi connectivity index (χ2v) is 10.7. The molecule has 2 aromatic heterocycles. The molecule has 0 spiro atoms. The Morgan fingerprint density at radius 1 is 1.03 bits per heavy atom. The van der Waals surface area contributed by atoms with Crippen molar-refractivity contribution in [3.8, 4) is 11.3 Å². The van der Waals surface area contributed by atoms with Crippen molar-refractivity contribution in [2.75, 3.05) is 62.2 Å². The molecule has 2 atom stereocenters. The highest BCUT2D eigenvalue weighted by molar-refractivity contribution is 7.77. The van der Waals surface area contributed by atoms with E-state index in [0.717, 1.165) is 92.4 Å². The number of nitrogens with zero attached hydrogens (tertiary/aromatic N) is 5. The van der Waals surface area contributed by atoms with E-state index in [1.54, 1.807) is 6.07 Å². The molecular weight excluding hydrogens is 459 g/mol. The van der Waals surface area contributed by atoms with Gasteiger partial charge in [0, 0.05) is 75.2 Å². The van der Waals surface area contributed by atoms with Gasteiger partial charge >= 0.3 is 0 Å². The van der Waals surface area contributed by atoms with E-state index in [4.69, 9.17) is 9.97 Å². The molecule has 8 heteroatoms. The van der Waals surface area contributed by atoms with Gasteiger partial charge < -0.3 is 15.1 Å². The van der Waals surface area contributed by atoms with E-state index in [1.807, 2.05) is 19.2 Å². The number of thiol groups is 1. The van der Waals surface area contributed by atoms with Crippen molar-refractivity contribution in [1.82, 2.24) is 19.6 Å². The summed E-state index contributed by atoms with van der Waals surface area (Å²) in [5.74, 6) is 2.11. The second kappa shape index (κ2) is 9.56. The zero-order chi connectivity index (χ0) is 23.9. The van der Waals surface area contributed by atoms with Gasteiger partial charge in [-0.15, -0.1) is 0 Å². The van der Waals surface area contributed by atoms with Crippen LogP contribution in [0.3, 0.4) is 0 Å². The molecule has 3 fully saturated rings. The van der Waals surface area contributed by atoms with Gasteiger partial charge in [-0.25, -0.2) is 14.4 Å². The number of piperazine rings is 1. The van der Waals surface area contributed by atoms with E-state index < -0.39 is 0 Å². The Hall–Kier alpha value is -2.42. The maximum Gasteiger partial charge on any atom is 0.128 e. The topological polar surface area (TPSA) is 47.5 Å². The van der Waals surface area contributed by atoms with Gasteiger partial charge in [-0.3, -0.25) is 4.31 Å². The van der Waals surface area contributed by atoms with E-state index in [2.05, 4.69) is 50.4 Å². The van der Waals surface area contributed by atoms with Crippen LogP contribution in [0.25, 0.3) is 22.2 Å². The number of hydrogen-bond donors (Lipinski definition) is 2. The van der Waals surface area contributed by atoms with Crippen LogP contribution in [-0.2, 0) is 6.42 Å². The minimum absolute atomic E-state index is 0.143. The smallest absolute Gasteiger partial charge is 0.128 e. The minimum atomic E-state index is -0.143. The zero-order valence-corrected chi connectivity index (χ0v) is 21.1. The lowest BCUT2D eigenvalue weighted by atomic mass is 9.90. The summed E-state index contributed by atoms with van der Waals surface area (Å²) in [6, 6.07) is 9.98. The molecule has 0 bridgehead atoms. The summed E-state index contributed by atoms with van der Waals surface area (Å²) in [6.45, 7) is 9.90. The van der Waals surface area contributed by atoms with Gasteiger partial charge in [0.05, 0.1) is 11.2 Å². The van der Waals surface area contributed by atoms with Crippen LogP contribution in [-0.4, -0.2) is 66.6 Å². The van der Waals surface area contributed by atoms with Gasteiger partial charge in [-0.1, -0.05) is 19.7 Å². The van der Waals surface area contributed by atoms with Crippen LogP contribution in [0.2, 0.25) is 0 Å². The molecule has 184 valence electrons. The number of rotatable bonds is 4. The van der Waals surface area contributed by atoms with Crippen molar-refractivity contribution in [2.45, 2.75) is 19.8 Å². The lowest BCUT2D eigenvalue weighted by Crippen LogP contribution is -2.43. The first kappa shape index (κ1) is 23.0. The molecule has 3 aromatic rings. The largest absolute Gasteiger partial charge is 0.370 e. The van der Waals surface area contributed by atoms with Crippen molar-refractivity contribution < 1.29 is 4.39 Å². The molecule has 3 aliphatic rings. The normalized spacial score (nSPS) is 23.2. The molecule has 3 aliphatic heterocycles. The Morgan fingerprint density at radius 3 is 2.63 bits per heavy atom. The average molecular weight is 493 g/mol. The van der Waals surface area contributed by atoms with Crippen LogP contribution in [0.4, 0.5) is 15.9 Å². The van der Waals surface area contributed by atoms with E-state index >= 15 is 0 Å². The fourth-order valence-electron chi connectivity index (χ4n) is 5.92. The van der Waals surface area contributed by atoms with Crippen molar-refractivity contribution in [1.29, 1.82) is 0 Å². The molecule has 0 aliphatic carbocycles. The van der Waals surface area contributed by atoms with Crippen molar-refractivity contribution >= 4 is 35.2 Å². The number of nitrogens with one attached hydrogen (secondary N) is 1. The molecular formula is C27H33FN6S. The zero-order valence-electron chi connectivity index (χ0n) is 20.3. The van der Waals surface area contributed by atoms with Crippen LogP contribution in [0, 0.1) is 17.7 Å². The number of pyridine rings is 2. The molecule has 35 heavy (non-hydrogen) atoms. The molecule has 2 unspecified atom stereocenters. The first-order chi connectivity index (χ1) is 17.1. The number of hydrogen-bond acceptors (Lipinski definition) is 7. The number of halogens is 1. The Labute approximate surface area is 212 Å². The lowest BCUT2D eigenvalue weighted by Gasteiger charge is -2.30. The molecule has 6 rings (SSSR count). The van der Waals surface area contributed by atoms with Gasteiger partial charge in [-0.2, -0.15) is 0 Å². The fraction of sp³-hybridized carbons (Fsp3) is 0.481. The summed E-state index contributed by atoms with van der Waals surface area (Å²) in [5, 5.41) is 4.29. The van der Waals surface area contributed by atoms with Crippen LogP contribution in [0.5, 0.6) is 0 Å². The standard InChI is InChI=1S/C27H33FN6S/c1-2-18-11-25-22(12-23(18)28)26(33-15-20-5-8-34(35)17-21(20)16-33)13-24(31-25)19-3-4-27(30-14-19)32-9-6-29-7-10-32/h3-4,11-14,20-21,29,35H,2,5-10,15-17H2,1H3. The summed E-state index contributed by atoms with van der Waals surface area (Å²) >= 11 is 4.61. The highest BCUT2D eigenvalue weighted by atomic mass is 32.1. The van der Waals surface area contributed by atoms with Crippen LogP contribution in [0.1, 0.15) is 18.9 Å². The molecule has 0 radical (unpaired) electrons. The third-order valence-electron chi connectivity index (χ3n) is 7.94. The van der Waals surface area contributed by atoms with Crippen LogP contribution < -0.4 is 15.1 Å². The highest BCUT2D eigenvalue weighted by Crippen LogP contribution is 2.39. The number of benzene rings is 1. The second-order valence-electron chi connectivity index (χ2n) is 10.1. The maximum absolute atomic E-state index is 14.9. The predicted octanol–water partition coefficient (Wildman–Crippen LogP) is 4.01. The first-order valence-corrected chi connectivity index (χ1v) is 13.2. The van der Waals surface area contributed by atoms with Gasteiger partial charge in [0.25, 0.3) is 0 Å². The third kappa shape index (κ3) is 4.47. The summed E-state index contributed by atoms with van der Waals surface area (Å²) in [4.78, 5) is 14.5. The Bertz CT molecular complexity index is 1210. The SMILES string of the molecule is CCc1cc2nc(-c3ccc(N4CCNCC4)nc3)cc(N3CC4CCN(S)CC4C3)c2cc1F. The summed E-state index contributed by atoms with van der Waals surface area (Å²) in [7, 11) is 0. The van der Waals surface area contributed by atoms with Crippen LogP contribution in [0.15, 0.2) is 36.5 Å². The number of aromatic nitrogens is 2. The summed E-state index contributed by atoms with van der Waals surface area (Å²) < 4.78 is 17.0. The van der Waals surface area contributed by atoms with Gasteiger partial charge in [0.15, 0.2) is 0 Å². The molecule has 0 saturated carbocycles. The van der Waals surface area contributed by atoms with E-state index in [0.29, 0.717) is 23.8 Å². The molecule has 0 amide bonds. The molecule has 6 nitrogen and oxygen atoms in total. The number of anilines is 2. The monoisotopic (exact) mass is 492 g/mol. The number of fused-ring (bicyclic) bond motifs is 2. The molecule has 5 heterocycles. The Balaban J connectivity index is 1.39. The highest BCUT2D eigenvalue weighted by Gasteiger charge is 2.37. The van der Waals surface area contributed by atoms with Gasteiger partial charge in [0.1, 0.15) is 11.6 Å². The third-order valence-corrected chi connectivity index (χ3v) is 8.30. The maximum atomic E-state index is 14.9. The molecule has 3 saturated heterocycles. The minimum Gasteiger partial charge on any atom is -0.370 e. The number of aryl methyl sites for hydroxylation is 1. The Kier molecular flexibility index (Phi) is 6.28. The average Bonchev–Trinajstić information content (AvgIpc) is 3.31. The van der Waals surface area contributed by atoms with E-state index in [-0.39, 0.29) is 5.82 Å². The Morgan fingerprint density at radius 2 is 1.86 bits per heavy atom. The quantitative estimate of drug-likeness (QED) is 0.537. The van der Waals surface area contributed by atoms with E-state index in [9.17, 15) is 4.39 Å².